The normalized spacial score (nSPS) is 15.2. The van der Waals surface area contributed by atoms with E-state index in [2.05, 4.69) is 26.3 Å². The van der Waals surface area contributed by atoms with E-state index < -0.39 is 10.8 Å². The zero-order valence-corrected chi connectivity index (χ0v) is 36.6. The number of aromatic nitrogens is 4. The fourth-order valence-electron chi connectivity index (χ4n) is 7.37. The Morgan fingerprint density at radius 2 is 1.20 bits per heavy atom. The van der Waals surface area contributed by atoms with Crippen LogP contribution in [0.1, 0.15) is 38.5 Å². The van der Waals surface area contributed by atoms with E-state index in [0.717, 1.165) is 122 Å². The first kappa shape index (κ1) is 42.6. The topological polar surface area (TPSA) is 144 Å². The van der Waals surface area contributed by atoms with Crippen LogP contribution >= 0.6 is 22.7 Å². The van der Waals surface area contributed by atoms with Crippen molar-refractivity contribution in [2.24, 2.45) is 17.6 Å². The van der Waals surface area contributed by atoms with Gasteiger partial charge in [-0.1, -0.05) is 35.6 Å². The van der Waals surface area contributed by atoms with E-state index in [-0.39, 0.29) is 0 Å². The molecule has 8 aromatic rings. The van der Waals surface area contributed by atoms with Crippen LogP contribution < -0.4 is 20.5 Å². The predicted molar refractivity (Wildman–Crippen MR) is 249 cm³/mol. The smallest absolute Gasteiger partial charge is 0.183 e. The molecular formula is C47H50N6O5S3. The molecule has 2 fully saturated rings. The number of para-hydroxylation sites is 2. The molecule has 11 nitrogen and oxygen atoms in total. The summed E-state index contributed by atoms with van der Waals surface area (Å²) in [5.74, 6) is 4.73. The monoisotopic (exact) mass is 874 g/mol. The summed E-state index contributed by atoms with van der Waals surface area (Å²) in [7, 11) is -1.07. The number of nitrogens with one attached hydrogen (secondary N) is 1. The third-order valence-corrected chi connectivity index (χ3v) is 14.0. The summed E-state index contributed by atoms with van der Waals surface area (Å²) in [4.78, 5) is 17.8. The van der Waals surface area contributed by atoms with Crippen molar-refractivity contribution in [3.05, 3.63) is 109 Å². The Labute approximate surface area is 366 Å². The molecule has 316 valence electrons. The standard InChI is InChI=1S/C23H23N3O2S.C17H12N2O2S2.C7H15NO/c1-2-4-19-18(3-1)21(8-12-24-19)28-17-5-6-20-22(15-17)29-23(26-20)25-11-7-16-9-13-27-14-10-16;1-23(20)17-19-14-7-6-11(10-16(14)22-17)21-15-8-9-18-13-5-3-2-4-12(13)15;8-4-1-7-2-5-9-6-3-7/h1-6,8,12,15-16H,7,9-11,13-14H2,(H,25,26);2-10H,1H3;7H,1-6,8H2. The molecule has 10 rings (SSSR count). The Bertz CT molecular complexity index is 2680. The molecule has 0 spiro atoms. The van der Waals surface area contributed by atoms with Crippen LogP contribution in [0.4, 0.5) is 5.13 Å². The highest BCUT2D eigenvalue weighted by Crippen LogP contribution is 2.35. The number of hydrogen-bond acceptors (Lipinski definition) is 13. The van der Waals surface area contributed by atoms with Gasteiger partial charge < -0.3 is 30.0 Å². The maximum Gasteiger partial charge on any atom is 0.183 e. The molecule has 0 radical (unpaired) electrons. The van der Waals surface area contributed by atoms with Crippen molar-refractivity contribution in [1.29, 1.82) is 0 Å². The lowest BCUT2D eigenvalue weighted by atomic mass is 9.97. The van der Waals surface area contributed by atoms with Crippen molar-refractivity contribution in [3.63, 3.8) is 0 Å². The van der Waals surface area contributed by atoms with E-state index in [1.54, 1.807) is 30.0 Å². The van der Waals surface area contributed by atoms with Crippen molar-refractivity contribution in [3.8, 4) is 23.0 Å². The second kappa shape index (κ2) is 21.1. The highest BCUT2D eigenvalue weighted by molar-refractivity contribution is 7.86. The molecule has 1 atom stereocenters. The Hall–Kier alpha value is -5.09. The molecule has 61 heavy (non-hydrogen) atoms. The van der Waals surface area contributed by atoms with Crippen LogP contribution in [0, 0.1) is 11.8 Å². The van der Waals surface area contributed by atoms with E-state index in [1.807, 2.05) is 91.0 Å². The van der Waals surface area contributed by atoms with Gasteiger partial charge >= 0.3 is 0 Å². The molecule has 2 aliphatic rings. The lowest BCUT2D eigenvalue weighted by Crippen LogP contribution is -2.18. The van der Waals surface area contributed by atoms with Crippen LogP contribution in [0.3, 0.4) is 0 Å². The van der Waals surface area contributed by atoms with Crippen LogP contribution in [-0.4, -0.2) is 69.9 Å². The summed E-state index contributed by atoms with van der Waals surface area (Å²) in [6, 6.07) is 31.4. The number of nitrogens with zero attached hydrogens (tertiary/aromatic N) is 4. The average molecular weight is 875 g/mol. The zero-order chi connectivity index (χ0) is 41.8. The molecule has 2 saturated heterocycles. The van der Waals surface area contributed by atoms with Crippen LogP contribution in [-0.2, 0) is 20.3 Å². The highest BCUT2D eigenvalue weighted by Gasteiger charge is 2.15. The largest absolute Gasteiger partial charge is 0.457 e. The minimum absolute atomic E-state index is 0.631. The second-order valence-electron chi connectivity index (χ2n) is 15.0. The quantitative estimate of drug-likeness (QED) is 0.128. The van der Waals surface area contributed by atoms with E-state index in [0.29, 0.717) is 4.34 Å². The molecule has 0 bridgehead atoms. The summed E-state index contributed by atoms with van der Waals surface area (Å²) >= 11 is 3.10. The van der Waals surface area contributed by atoms with Gasteiger partial charge in [-0.25, -0.2) is 9.97 Å². The molecule has 0 aliphatic carbocycles. The highest BCUT2D eigenvalue weighted by atomic mass is 32.2. The van der Waals surface area contributed by atoms with Gasteiger partial charge in [-0.3, -0.25) is 14.2 Å². The van der Waals surface area contributed by atoms with Crippen LogP contribution in [0.5, 0.6) is 23.0 Å². The molecule has 4 aromatic carbocycles. The molecule has 0 saturated carbocycles. The van der Waals surface area contributed by atoms with E-state index in [1.165, 1.54) is 49.9 Å². The first-order valence-corrected chi connectivity index (χ1v) is 24.0. The molecule has 3 N–H and O–H groups in total. The Balaban J connectivity index is 0.000000143. The number of nitrogens with two attached hydrogens (primary N) is 1. The van der Waals surface area contributed by atoms with Gasteiger partial charge in [-0.05, 0) is 118 Å². The SMILES string of the molecule is CS(=O)c1nc2ccc(Oc3ccnc4ccccc34)cc2s1.NCCC1CCOCC1.c1ccc2c(Oc3ccc4nc(NCCC5CCOCC5)sc4c3)ccnc2c1. The van der Waals surface area contributed by atoms with E-state index in [9.17, 15) is 4.21 Å². The van der Waals surface area contributed by atoms with Crippen molar-refractivity contribution in [2.75, 3.05) is 51.1 Å². The van der Waals surface area contributed by atoms with Gasteiger partial charge in [-0.2, -0.15) is 0 Å². The summed E-state index contributed by atoms with van der Waals surface area (Å²) in [6.45, 7) is 5.50. The van der Waals surface area contributed by atoms with Gasteiger partial charge in [0.25, 0.3) is 0 Å². The average Bonchev–Trinajstić information content (AvgIpc) is 3.92. The van der Waals surface area contributed by atoms with Gasteiger partial charge in [0.2, 0.25) is 0 Å². The van der Waals surface area contributed by atoms with Crippen molar-refractivity contribution in [2.45, 2.75) is 42.9 Å². The van der Waals surface area contributed by atoms with Gasteiger partial charge in [0, 0.05) is 74.5 Å². The third-order valence-electron chi connectivity index (χ3n) is 10.7. The van der Waals surface area contributed by atoms with Crippen molar-refractivity contribution >= 4 is 80.8 Å². The number of thiazole rings is 2. The van der Waals surface area contributed by atoms with E-state index >= 15 is 0 Å². The lowest BCUT2D eigenvalue weighted by molar-refractivity contribution is 0.0646. The van der Waals surface area contributed by atoms with Gasteiger partial charge in [0.1, 0.15) is 23.0 Å². The van der Waals surface area contributed by atoms with Crippen molar-refractivity contribution < 1.29 is 23.2 Å². The first-order valence-electron chi connectivity index (χ1n) is 20.8. The fourth-order valence-corrected chi connectivity index (χ4v) is 9.99. The Morgan fingerprint density at radius 1 is 0.672 bits per heavy atom. The lowest BCUT2D eigenvalue weighted by Gasteiger charge is -2.21. The Morgan fingerprint density at radius 3 is 1.75 bits per heavy atom. The molecule has 2 aliphatic heterocycles. The number of rotatable bonds is 11. The number of benzene rings is 4. The minimum Gasteiger partial charge on any atom is -0.457 e. The maximum absolute atomic E-state index is 11.6. The number of hydrogen-bond donors (Lipinski definition) is 2. The van der Waals surface area contributed by atoms with Gasteiger partial charge in [-0.15, -0.1) is 11.3 Å². The number of fused-ring (bicyclic) bond motifs is 4. The number of pyridine rings is 2. The Kier molecular flexibility index (Phi) is 14.8. The van der Waals surface area contributed by atoms with E-state index in [4.69, 9.17) is 29.7 Å². The van der Waals surface area contributed by atoms with Crippen LogP contribution in [0.2, 0.25) is 0 Å². The number of ether oxygens (including phenoxy) is 4. The van der Waals surface area contributed by atoms with Crippen molar-refractivity contribution in [1.82, 2.24) is 19.9 Å². The summed E-state index contributed by atoms with van der Waals surface area (Å²) in [5.41, 5.74) is 9.08. The summed E-state index contributed by atoms with van der Waals surface area (Å²) in [5, 5.41) is 6.44. The second-order valence-corrected chi connectivity index (χ2v) is 18.6. The molecule has 0 amide bonds. The summed E-state index contributed by atoms with van der Waals surface area (Å²) in [6.07, 6.45) is 12.3. The first-order chi connectivity index (χ1) is 30.0. The minimum atomic E-state index is -1.07. The molecule has 4 aromatic heterocycles. The summed E-state index contributed by atoms with van der Waals surface area (Å²) < 4.78 is 37.1. The third kappa shape index (κ3) is 11.4. The molecular weight excluding hydrogens is 825 g/mol. The maximum atomic E-state index is 11.6. The van der Waals surface area contributed by atoms with Crippen LogP contribution in [0.15, 0.2) is 114 Å². The fraction of sp³-hybridized carbons (Fsp3) is 0.319. The number of anilines is 1. The van der Waals surface area contributed by atoms with Crippen LogP contribution in [0.25, 0.3) is 42.2 Å². The van der Waals surface area contributed by atoms with Gasteiger partial charge in [0.05, 0.1) is 42.3 Å². The zero-order valence-electron chi connectivity index (χ0n) is 34.2. The molecule has 14 heteroatoms. The molecule has 1 unspecified atom stereocenters. The molecule has 6 heterocycles. The van der Waals surface area contributed by atoms with Gasteiger partial charge in [0.15, 0.2) is 9.47 Å². The predicted octanol–water partition coefficient (Wildman–Crippen LogP) is 11.0.